The number of Topliss-reactive ketones (excluding diaryl/α,β-unsaturated/α-hetero) is 1. The van der Waals surface area contributed by atoms with Gasteiger partial charge in [-0.1, -0.05) is 6.07 Å². The van der Waals surface area contributed by atoms with Crippen molar-refractivity contribution >= 4 is 11.7 Å². The van der Waals surface area contributed by atoms with Crippen LogP contribution in [0.4, 0.5) is 13.2 Å². The van der Waals surface area contributed by atoms with Gasteiger partial charge >= 0.3 is 6.18 Å². The zero-order chi connectivity index (χ0) is 19.8. The number of piperidine rings is 1. The molecular weight excluding hydrogens is 359 g/mol. The van der Waals surface area contributed by atoms with E-state index >= 15 is 0 Å². The number of aryl methyl sites for hydroxylation is 1. The Morgan fingerprint density at radius 1 is 1.07 bits per heavy atom. The summed E-state index contributed by atoms with van der Waals surface area (Å²) in [4.78, 5) is 26.8. The Morgan fingerprint density at radius 2 is 1.74 bits per heavy atom. The molecule has 0 saturated carbocycles. The molecule has 2 heterocycles. The Balaban J connectivity index is 1.95. The average Bonchev–Trinajstić information content (AvgIpc) is 2.95. The first kappa shape index (κ1) is 19.1. The molecule has 1 aliphatic heterocycles. The number of carbonyl (C=O) groups is 2. The number of nitrogens with zero attached hydrogens (tertiary/aromatic N) is 3. The van der Waals surface area contributed by atoms with Crippen molar-refractivity contribution in [3.05, 3.63) is 46.8 Å². The summed E-state index contributed by atoms with van der Waals surface area (Å²) >= 11 is 0. The minimum atomic E-state index is -4.48. The summed E-state index contributed by atoms with van der Waals surface area (Å²) < 4.78 is 40.2. The Morgan fingerprint density at radius 3 is 2.37 bits per heavy atom. The zero-order valence-corrected chi connectivity index (χ0v) is 15.1. The lowest BCUT2D eigenvalue weighted by atomic mass is 10.1. The molecule has 3 rings (SSSR count). The minimum Gasteiger partial charge on any atom is -0.336 e. The number of carbonyl (C=O) groups excluding carboxylic acids is 2. The van der Waals surface area contributed by atoms with Crippen molar-refractivity contribution in [1.29, 1.82) is 0 Å². The zero-order valence-electron chi connectivity index (χ0n) is 15.1. The second-order valence-electron chi connectivity index (χ2n) is 6.69. The number of rotatable bonds is 3. The summed E-state index contributed by atoms with van der Waals surface area (Å²) in [6.07, 6.45) is -1.72. The van der Waals surface area contributed by atoms with Crippen LogP contribution >= 0.6 is 0 Å². The van der Waals surface area contributed by atoms with E-state index in [1.165, 1.54) is 21.7 Å². The van der Waals surface area contributed by atoms with E-state index in [1.807, 2.05) is 0 Å². The summed E-state index contributed by atoms with van der Waals surface area (Å²) in [5, 5.41) is 4.21. The van der Waals surface area contributed by atoms with Crippen LogP contribution in [0.1, 0.15) is 46.6 Å². The van der Waals surface area contributed by atoms with Gasteiger partial charge in [-0.15, -0.1) is 0 Å². The van der Waals surface area contributed by atoms with E-state index in [2.05, 4.69) is 5.10 Å². The maximum Gasteiger partial charge on any atom is 0.416 e. The van der Waals surface area contributed by atoms with Crippen LogP contribution in [-0.2, 0) is 11.0 Å². The van der Waals surface area contributed by atoms with Crippen LogP contribution in [0.15, 0.2) is 24.3 Å². The highest BCUT2D eigenvalue weighted by atomic mass is 19.4. The first-order valence-electron chi connectivity index (χ1n) is 8.77. The van der Waals surface area contributed by atoms with Gasteiger partial charge in [-0.3, -0.25) is 9.59 Å². The highest BCUT2D eigenvalue weighted by Gasteiger charge is 2.32. The van der Waals surface area contributed by atoms with E-state index in [0.717, 1.165) is 31.4 Å². The smallest absolute Gasteiger partial charge is 0.336 e. The normalized spacial score (nSPS) is 15.1. The lowest BCUT2D eigenvalue weighted by Gasteiger charge is -2.25. The number of hydrogen-bond donors (Lipinski definition) is 0. The van der Waals surface area contributed by atoms with Crippen molar-refractivity contribution in [2.45, 2.75) is 39.3 Å². The fraction of sp³-hybridized carbons (Fsp3) is 0.421. The van der Waals surface area contributed by atoms with E-state index < -0.39 is 23.4 Å². The minimum absolute atomic E-state index is 0.156. The second-order valence-corrected chi connectivity index (χ2v) is 6.69. The summed E-state index contributed by atoms with van der Waals surface area (Å²) in [6.45, 7) is 4.25. The molecule has 144 valence electrons. The molecule has 1 aliphatic rings. The van der Waals surface area contributed by atoms with Gasteiger partial charge in [0.2, 0.25) is 0 Å². The molecular formula is C19H20F3N3O2. The number of ketones is 1. The molecule has 1 amide bonds. The van der Waals surface area contributed by atoms with Crippen LogP contribution in [0.2, 0.25) is 0 Å². The van der Waals surface area contributed by atoms with Crippen molar-refractivity contribution in [2.75, 3.05) is 13.1 Å². The topological polar surface area (TPSA) is 55.2 Å². The predicted octanol–water partition coefficient (Wildman–Crippen LogP) is 3.70. The molecule has 1 aromatic heterocycles. The number of hydrogen-bond acceptors (Lipinski definition) is 3. The van der Waals surface area contributed by atoms with Crippen molar-refractivity contribution in [3.63, 3.8) is 0 Å². The van der Waals surface area contributed by atoms with E-state index in [-0.39, 0.29) is 11.3 Å². The Hall–Kier alpha value is -2.64. The lowest BCUT2D eigenvalue weighted by Crippen LogP contribution is -2.40. The summed E-state index contributed by atoms with van der Waals surface area (Å²) in [7, 11) is 0. The number of alkyl halides is 3. The van der Waals surface area contributed by atoms with E-state index in [1.54, 1.807) is 13.8 Å². The fourth-order valence-corrected chi connectivity index (χ4v) is 3.38. The average molecular weight is 379 g/mol. The van der Waals surface area contributed by atoms with Crippen molar-refractivity contribution in [1.82, 2.24) is 14.7 Å². The Kier molecular flexibility index (Phi) is 5.08. The van der Waals surface area contributed by atoms with Gasteiger partial charge in [-0.05, 0) is 51.3 Å². The fourth-order valence-electron chi connectivity index (χ4n) is 3.38. The van der Waals surface area contributed by atoms with Gasteiger partial charge in [0.05, 0.1) is 28.2 Å². The highest BCUT2D eigenvalue weighted by molar-refractivity contribution is 6.43. The highest BCUT2D eigenvalue weighted by Crippen LogP contribution is 2.31. The van der Waals surface area contributed by atoms with Crippen molar-refractivity contribution in [2.24, 2.45) is 0 Å². The first-order chi connectivity index (χ1) is 12.7. The number of aromatic nitrogens is 2. The maximum absolute atomic E-state index is 13.0. The van der Waals surface area contributed by atoms with Gasteiger partial charge in [-0.2, -0.15) is 18.3 Å². The largest absolute Gasteiger partial charge is 0.416 e. The molecule has 5 nitrogen and oxygen atoms in total. The SMILES string of the molecule is Cc1nn(-c2cccc(C(F)(F)F)c2)c(C)c1C(=O)C(=O)N1CCCCC1. The van der Waals surface area contributed by atoms with Gasteiger partial charge in [0.15, 0.2) is 0 Å². The summed E-state index contributed by atoms with van der Waals surface area (Å²) in [5.74, 6) is -1.24. The van der Waals surface area contributed by atoms with Crippen LogP contribution in [0, 0.1) is 13.8 Å². The van der Waals surface area contributed by atoms with Gasteiger partial charge in [0.1, 0.15) is 0 Å². The molecule has 1 saturated heterocycles. The second kappa shape index (κ2) is 7.17. The van der Waals surface area contributed by atoms with E-state index in [9.17, 15) is 22.8 Å². The van der Waals surface area contributed by atoms with Gasteiger partial charge in [0.25, 0.3) is 11.7 Å². The molecule has 0 aliphatic carbocycles. The van der Waals surface area contributed by atoms with Gasteiger partial charge in [-0.25, -0.2) is 4.68 Å². The Bertz CT molecular complexity index is 881. The summed E-state index contributed by atoms with van der Waals surface area (Å²) in [6, 6.07) is 4.71. The molecule has 0 N–H and O–H groups in total. The molecule has 27 heavy (non-hydrogen) atoms. The van der Waals surface area contributed by atoms with Crippen LogP contribution < -0.4 is 0 Å². The molecule has 1 aromatic carbocycles. The van der Waals surface area contributed by atoms with Crippen molar-refractivity contribution in [3.8, 4) is 5.69 Å². The molecule has 0 spiro atoms. The molecule has 0 atom stereocenters. The molecule has 0 unspecified atom stereocenters. The van der Waals surface area contributed by atoms with Crippen LogP contribution in [0.3, 0.4) is 0 Å². The Labute approximate surface area is 154 Å². The molecule has 8 heteroatoms. The van der Waals surface area contributed by atoms with Crippen LogP contribution in [-0.4, -0.2) is 39.5 Å². The van der Waals surface area contributed by atoms with E-state index in [0.29, 0.717) is 24.5 Å². The summed E-state index contributed by atoms with van der Waals surface area (Å²) in [5.41, 5.74) is 0.213. The predicted molar refractivity (Wildman–Crippen MR) is 92.8 cm³/mol. The third kappa shape index (κ3) is 3.74. The number of amides is 1. The first-order valence-corrected chi connectivity index (χ1v) is 8.77. The number of benzene rings is 1. The van der Waals surface area contributed by atoms with Gasteiger partial charge in [0, 0.05) is 13.1 Å². The number of likely N-dealkylation sites (tertiary alicyclic amines) is 1. The third-order valence-corrected chi connectivity index (χ3v) is 4.77. The number of halogens is 3. The standard InChI is InChI=1S/C19H20F3N3O2/c1-12-16(17(26)18(27)24-9-4-3-5-10-24)13(2)25(23-12)15-8-6-7-14(11-15)19(20,21)22/h6-8,11H,3-5,9-10H2,1-2H3. The molecule has 2 aromatic rings. The monoisotopic (exact) mass is 379 g/mol. The van der Waals surface area contributed by atoms with Gasteiger partial charge < -0.3 is 4.90 Å². The third-order valence-electron chi connectivity index (χ3n) is 4.77. The maximum atomic E-state index is 13.0. The molecule has 1 fully saturated rings. The molecule has 0 bridgehead atoms. The lowest BCUT2D eigenvalue weighted by molar-refractivity contribution is -0.137. The van der Waals surface area contributed by atoms with Crippen LogP contribution in [0.5, 0.6) is 0 Å². The van der Waals surface area contributed by atoms with Crippen molar-refractivity contribution < 1.29 is 22.8 Å². The van der Waals surface area contributed by atoms with Crippen LogP contribution in [0.25, 0.3) is 5.69 Å². The van der Waals surface area contributed by atoms with E-state index in [4.69, 9.17) is 0 Å². The molecule has 0 radical (unpaired) electrons. The quantitative estimate of drug-likeness (QED) is 0.604.